The zero-order chi connectivity index (χ0) is 22.8. The number of nitrogens with zero attached hydrogens (tertiary/aromatic N) is 1. The molecule has 2 aromatic carbocycles. The Kier molecular flexibility index (Phi) is 6.33. The van der Waals surface area contributed by atoms with Crippen molar-refractivity contribution in [1.29, 1.82) is 0 Å². The summed E-state index contributed by atoms with van der Waals surface area (Å²) in [5.41, 5.74) is -1.11. The average molecular weight is 436 g/mol. The van der Waals surface area contributed by atoms with Crippen molar-refractivity contribution in [1.82, 2.24) is 4.90 Å². The molecule has 164 valence electrons. The number of carbonyl (C=O) groups excluding carboxylic acids is 2. The molecular weight excluding hydrogens is 416 g/mol. The molecule has 0 unspecified atom stereocenters. The predicted octanol–water partition coefficient (Wildman–Crippen LogP) is 4.22. The molecule has 1 aliphatic rings. The van der Waals surface area contributed by atoms with E-state index in [4.69, 9.17) is 4.74 Å². The second kappa shape index (κ2) is 8.79. The molecule has 5 nitrogen and oxygen atoms in total. The molecule has 0 bridgehead atoms. The van der Waals surface area contributed by atoms with Gasteiger partial charge in [-0.25, -0.2) is 4.39 Å². The van der Waals surface area contributed by atoms with Gasteiger partial charge in [0.25, 0.3) is 0 Å². The second-order valence-corrected chi connectivity index (χ2v) is 7.04. The van der Waals surface area contributed by atoms with Crippen molar-refractivity contribution in [2.24, 2.45) is 5.92 Å². The minimum atomic E-state index is -4.68. The van der Waals surface area contributed by atoms with Crippen LogP contribution in [0.4, 0.5) is 23.2 Å². The Morgan fingerprint density at radius 3 is 2.61 bits per heavy atom. The third-order valence-corrected chi connectivity index (χ3v) is 5.12. The fourth-order valence-corrected chi connectivity index (χ4v) is 3.68. The van der Waals surface area contributed by atoms with Crippen LogP contribution >= 0.6 is 0 Å². The normalized spacial score (nSPS) is 18.7. The molecule has 0 aliphatic carbocycles. The Morgan fingerprint density at radius 1 is 1.29 bits per heavy atom. The van der Waals surface area contributed by atoms with E-state index in [1.165, 1.54) is 42.4 Å². The zero-order valence-corrected chi connectivity index (χ0v) is 16.6. The fourth-order valence-electron chi connectivity index (χ4n) is 3.68. The van der Waals surface area contributed by atoms with E-state index in [2.05, 4.69) is 11.9 Å². The number of halogens is 4. The Balaban J connectivity index is 1.96. The van der Waals surface area contributed by atoms with Crippen molar-refractivity contribution < 1.29 is 31.9 Å². The van der Waals surface area contributed by atoms with Gasteiger partial charge in [0, 0.05) is 19.0 Å². The fraction of sp³-hybridized carbons (Fsp3) is 0.273. The maximum absolute atomic E-state index is 14.2. The molecule has 1 saturated heterocycles. The Morgan fingerprint density at radius 2 is 2.00 bits per heavy atom. The first-order chi connectivity index (χ1) is 14.7. The van der Waals surface area contributed by atoms with Gasteiger partial charge >= 0.3 is 6.18 Å². The van der Waals surface area contributed by atoms with E-state index in [1.807, 2.05) is 0 Å². The molecule has 3 rings (SSSR count). The highest BCUT2D eigenvalue weighted by Gasteiger charge is 2.46. The first kappa shape index (κ1) is 22.3. The van der Waals surface area contributed by atoms with Gasteiger partial charge in [0.1, 0.15) is 5.92 Å². The lowest BCUT2D eigenvalue weighted by Gasteiger charge is -2.19. The number of carbonyl (C=O) groups is 2. The van der Waals surface area contributed by atoms with Crippen LogP contribution in [0.3, 0.4) is 0 Å². The van der Waals surface area contributed by atoms with Crippen molar-refractivity contribution in [2.45, 2.75) is 12.1 Å². The molecule has 1 aliphatic heterocycles. The van der Waals surface area contributed by atoms with Gasteiger partial charge in [-0.3, -0.25) is 9.59 Å². The molecule has 2 aromatic rings. The Labute approximate surface area is 176 Å². The number of hydrogen-bond acceptors (Lipinski definition) is 3. The van der Waals surface area contributed by atoms with Gasteiger partial charge in [0.05, 0.1) is 18.4 Å². The van der Waals surface area contributed by atoms with E-state index in [9.17, 15) is 27.2 Å². The van der Waals surface area contributed by atoms with Crippen LogP contribution in [0.15, 0.2) is 55.1 Å². The molecule has 2 atom stereocenters. The topological polar surface area (TPSA) is 58.6 Å². The number of amides is 2. The van der Waals surface area contributed by atoms with E-state index in [-0.39, 0.29) is 18.8 Å². The third-order valence-electron chi connectivity index (χ3n) is 5.12. The maximum Gasteiger partial charge on any atom is 0.418 e. The van der Waals surface area contributed by atoms with E-state index >= 15 is 0 Å². The number of anilines is 1. The number of benzene rings is 2. The van der Waals surface area contributed by atoms with Crippen LogP contribution in [-0.4, -0.2) is 36.9 Å². The van der Waals surface area contributed by atoms with E-state index < -0.39 is 46.9 Å². The lowest BCUT2D eigenvalue weighted by atomic mass is 9.87. The first-order valence-electron chi connectivity index (χ1n) is 9.37. The molecular formula is C22H20F4N2O3. The van der Waals surface area contributed by atoms with Crippen LogP contribution in [-0.2, 0) is 15.8 Å². The van der Waals surface area contributed by atoms with E-state index in [0.717, 1.165) is 18.2 Å². The second-order valence-electron chi connectivity index (χ2n) is 7.04. The maximum atomic E-state index is 14.2. The Hall–Kier alpha value is -3.36. The number of ether oxygens (including phenoxy) is 1. The summed E-state index contributed by atoms with van der Waals surface area (Å²) in [6, 6.07) is 8.57. The van der Waals surface area contributed by atoms with Crippen LogP contribution in [0.25, 0.3) is 0 Å². The van der Waals surface area contributed by atoms with Gasteiger partial charge in [-0.15, -0.1) is 6.58 Å². The van der Waals surface area contributed by atoms with Gasteiger partial charge in [-0.2, -0.15) is 13.2 Å². The van der Waals surface area contributed by atoms with Crippen molar-refractivity contribution in [3.05, 3.63) is 72.1 Å². The van der Waals surface area contributed by atoms with E-state index in [0.29, 0.717) is 5.56 Å². The van der Waals surface area contributed by atoms with Crippen molar-refractivity contribution in [3.63, 3.8) is 0 Å². The quantitative estimate of drug-likeness (QED) is 0.419. The number of methoxy groups -OCH3 is 1. The lowest BCUT2D eigenvalue weighted by molar-refractivity contribution is -0.137. The summed E-state index contributed by atoms with van der Waals surface area (Å²) in [5, 5.41) is 2.24. The molecule has 1 fully saturated rings. The minimum absolute atomic E-state index is 0.00359. The first-order valence-corrected chi connectivity index (χ1v) is 9.37. The third kappa shape index (κ3) is 4.55. The molecule has 0 aromatic heterocycles. The van der Waals surface area contributed by atoms with Gasteiger partial charge in [0.15, 0.2) is 11.6 Å². The summed E-state index contributed by atoms with van der Waals surface area (Å²) in [4.78, 5) is 27.2. The van der Waals surface area contributed by atoms with Crippen molar-refractivity contribution >= 4 is 17.5 Å². The van der Waals surface area contributed by atoms with Crippen LogP contribution in [0.1, 0.15) is 17.0 Å². The summed E-state index contributed by atoms with van der Waals surface area (Å²) < 4.78 is 59.0. The molecule has 1 N–H and O–H groups in total. The number of para-hydroxylation sites is 1. The van der Waals surface area contributed by atoms with Crippen LogP contribution in [0, 0.1) is 11.7 Å². The van der Waals surface area contributed by atoms with Crippen molar-refractivity contribution in [2.75, 3.05) is 25.5 Å². The number of nitrogens with one attached hydrogen (secondary N) is 1. The highest BCUT2D eigenvalue weighted by molar-refractivity contribution is 6.08. The summed E-state index contributed by atoms with van der Waals surface area (Å²) in [7, 11) is 1.30. The van der Waals surface area contributed by atoms with Gasteiger partial charge < -0.3 is 15.0 Å². The molecule has 1 heterocycles. The highest BCUT2D eigenvalue weighted by atomic mass is 19.4. The monoisotopic (exact) mass is 436 g/mol. The summed E-state index contributed by atoms with van der Waals surface area (Å²) >= 11 is 0. The smallest absolute Gasteiger partial charge is 0.418 e. The summed E-state index contributed by atoms with van der Waals surface area (Å²) in [6.45, 7) is 3.82. The van der Waals surface area contributed by atoms with Gasteiger partial charge in [-0.1, -0.05) is 24.3 Å². The molecule has 9 heteroatoms. The number of hydrogen-bond donors (Lipinski definition) is 1. The number of alkyl halides is 3. The molecule has 2 amide bonds. The minimum Gasteiger partial charge on any atom is -0.494 e. The molecule has 31 heavy (non-hydrogen) atoms. The highest BCUT2D eigenvalue weighted by Crippen LogP contribution is 2.38. The summed E-state index contributed by atoms with van der Waals surface area (Å²) in [6.07, 6.45) is -3.21. The number of likely N-dealkylation sites (tertiary alicyclic amines) is 1. The van der Waals surface area contributed by atoms with Gasteiger partial charge in [0.2, 0.25) is 11.8 Å². The number of rotatable bonds is 6. The SMILES string of the molecule is C=CCN1C[C@H](c2ccc(OC)c(F)c2)[C@@H](C(=O)Nc2ccccc2C(F)(F)F)C1=O. The molecule has 0 radical (unpaired) electrons. The predicted molar refractivity (Wildman–Crippen MR) is 106 cm³/mol. The largest absolute Gasteiger partial charge is 0.494 e. The molecule has 0 spiro atoms. The molecule has 0 saturated carbocycles. The summed E-state index contributed by atoms with van der Waals surface area (Å²) in [5.74, 6) is -4.22. The van der Waals surface area contributed by atoms with E-state index in [1.54, 1.807) is 0 Å². The van der Waals surface area contributed by atoms with Crippen LogP contribution in [0.5, 0.6) is 5.75 Å². The average Bonchev–Trinajstić information content (AvgIpc) is 3.04. The van der Waals surface area contributed by atoms with Gasteiger partial charge in [-0.05, 0) is 29.8 Å². The van der Waals surface area contributed by atoms with Crippen LogP contribution in [0.2, 0.25) is 0 Å². The Bertz CT molecular complexity index is 1010. The van der Waals surface area contributed by atoms with Crippen molar-refractivity contribution in [3.8, 4) is 5.75 Å². The lowest BCUT2D eigenvalue weighted by Crippen LogP contribution is -2.34. The standard InChI is InChI=1S/C22H20F4N2O3/c1-3-10-28-12-14(13-8-9-18(31-2)16(23)11-13)19(21(28)30)20(29)27-17-7-5-4-6-15(17)22(24,25)26/h3-9,11,14,19H,1,10,12H2,2H3,(H,27,29)/t14-,19+/m1/s1. The zero-order valence-electron chi connectivity index (χ0n) is 16.6. The van der Waals surface area contributed by atoms with Crippen LogP contribution < -0.4 is 10.1 Å².